The van der Waals surface area contributed by atoms with Crippen LogP contribution in [0.3, 0.4) is 0 Å². The predicted molar refractivity (Wildman–Crippen MR) is 83.7 cm³/mol. The lowest BCUT2D eigenvalue weighted by Gasteiger charge is -2.25. The second-order valence-electron chi connectivity index (χ2n) is 5.95. The number of carbonyl (C=O) groups is 1. The molecule has 1 aromatic carbocycles. The van der Waals surface area contributed by atoms with E-state index in [1.165, 1.54) is 6.33 Å². The number of Topliss-reactive ketones (excluding diaryl/α,β-unsaturated/α-hetero) is 1. The van der Waals surface area contributed by atoms with Crippen molar-refractivity contribution in [1.29, 1.82) is 0 Å². The zero-order valence-corrected chi connectivity index (χ0v) is 13.7. The Morgan fingerprint density at radius 3 is 2.57 bits per heavy atom. The molecule has 0 unspecified atom stereocenters. The van der Waals surface area contributed by atoms with Gasteiger partial charge in [-0.1, -0.05) is 50.0 Å². The van der Waals surface area contributed by atoms with E-state index in [1.807, 2.05) is 26.8 Å². The van der Waals surface area contributed by atoms with Crippen LogP contribution in [0.15, 0.2) is 30.9 Å². The van der Waals surface area contributed by atoms with Crippen LogP contribution in [0.4, 0.5) is 0 Å². The van der Waals surface area contributed by atoms with E-state index in [0.717, 1.165) is 5.56 Å². The standard InChI is InChI=1S/C15H17Cl2N3O/c1-15(2,3)14(21)13(20-9-18-8-19-20)6-10-4-5-11(16)7-12(10)17/h4-5,7-9,13H,6H2,1-3H3/t13-/m1/s1. The van der Waals surface area contributed by atoms with Crippen molar-refractivity contribution in [2.45, 2.75) is 33.2 Å². The summed E-state index contributed by atoms with van der Waals surface area (Å²) in [6.45, 7) is 5.67. The molecule has 0 fully saturated rings. The summed E-state index contributed by atoms with van der Waals surface area (Å²) in [7, 11) is 0. The van der Waals surface area contributed by atoms with E-state index in [2.05, 4.69) is 10.1 Å². The van der Waals surface area contributed by atoms with E-state index in [9.17, 15) is 4.79 Å². The van der Waals surface area contributed by atoms with Gasteiger partial charge in [-0.2, -0.15) is 5.10 Å². The molecule has 1 atom stereocenters. The molecule has 0 spiro atoms. The molecule has 112 valence electrons. The van der Waals surface area contributed by atoms with Gasteiger partial charge in [0, 0.05) is 21.9 Å². The molecule has 1 aromatic heterocycles. The third-order valence-electron chi connectivity index (χ3n) is 3.23. The lowest BCUT2D eigenvalue weighted by atomic mass is 9.84. The number of nitrogens with zero attached hydrogens (tertiary/aromatic N) is 3. The van der Waals surface area contributed by atoms with Gasteiger partial charge in [-0.15, -0.1) is 0 Å². The quantitative estimate of drug-likeness (QED) is 0.854. The number of aromatic nitrogens is 3. The molecule has 0 saturated heterocycles. The molecule has 0 saturated carbocycles. The SMILES string of the molecule is CC(C)(C)C(=O)[C@@H](Cc1ccc(Cl)cc1Cl)n1cncn1. The fraction of sp³-hybridized carbons (Fsp3) is 0.400. The molecule has 21 heavy (non-hydrogen) atoms. The molecule has 2 aromatic rings. The highest BCUT2D eigenvalue weighted by Crippen LogP contribution is 2.29. The van der Waals surface area contributed by atoms with Crippen LogP contribution in [-0.2, 0) is 11.2 Å². The lowest BCUT2D eigenvalue weighted by molar-refractivity contribution is -0.130. The van der Waals surface area contributed by atoms with Gasteiger partial charge in [0.2, 0.25) is 0 Å². The highest BCUT2D eigenvalue weighted by molar-refractivity contribution is 6.35. The van der Waals surface area contributed by atoms with Crippen molar-refractivity contribution in [3.63, 3.8) is 0 Å². The van der Waals surface area contributed by atoms with Gasteiger partial charge in [-0.25, -0.2) is 9.67 Å². The van der Waals surface area contributed by atoms with E-state index < -0.39 is 11.5 Å². The Bertz CT molecular complexity index is 633. The van der Waals surface area contributed by atoms with Crippen LogP contribution < -0.4 is 0 Å². The molecule has 6 heteroatoms. The van der Waals surface area contributed by atoms with E-state index >= 15 is 0 Å². The van der Waals surface area contributed by atoms with Crippen molar-refractivity contribution >= 4 is 29.0 Å². The van der Waals surface area contributed by atoms with Crippen molar-refractivity contribution in [2.75, 3.05) is 0 Å². The van der Waals surface area contributed by atoms with Gasteiger partial charge in [0.05, 0.1) is 0 Å². The zero-order valence-electron chi connectivity index (χ0n) is 12.2. The summed E-state index contributed by atoms with van der Waals surface area (Å²) < 4.78 is 1.58. The second-order valence-corrected chi connectivity index (χ2v) is 6.79. The smallest absolute Gasteiger partial charge is 0.163 e. The Hall–Kier alpha value is -1.39. The zero-order chi connectivity index (χ0) is 15.6. The van der Waals surface area contributed by atoms with Crippen LogP contribution in [-0.4, -0.2) is 20.5 Å². The van der Waals surface area contributed by atoms with Crippen molar-refractivity contribution in [3.8, 4) is 0 Å². The molecule has 2 rings (SSSR count). The molecule has 0 aliphatic rings. The van der Waals surface area contributed by atoms with Crippen LogP contribution >= 0.6 is 23.2 Å². The first-order valence-electron chi connectivity index (χ1n) is 6.61. The number of ketones is 1. The predicted octanol–water partition coefficient (Wildman–Crippen LogP) is 3.98. The fourth-order valence-electron chi connectivity index (χ4n) is 2.08. The van der Waals surface area contributed by atoms with Crippen molar-refractivity contribution < 1.29 is 4.79 Å². The van der Waals surface area contributed by atoms with Gasteiger partial charge in [-0.3, -0.25) is 4.79 Å². The minimum atomic E-state index is -0.477. The van der Waals surface area contributed by atoms with E-state index in [0.29, 0.717) is 16.5 Å². The number of benzene rings is 1. The highest BCUT2D eigenvalue weighted by Gasteiger charge is 2.32. The number of hydrogen-bond donors (Lipinski definition) is 0. The third kappa shape index (κ3) is 3.83. The molecular formula is C15H17Cl2N3O. The Balaban J connectivity index is 2.35. The molecule has 0 N–H and O–H groups in total. The monoisotopic (exact) mass is 325 g/mol. The minimum Gasteiger partial charge on any atom is -0.297 e. The van der Waals surface area contributed by atoms with Crippen molar-refractivity contribution in [3.05, 3.63) is 46.5 Å². The Morgan fingerprint density at radius 1 is 1.33 bits per heavy atom. The first kappa shape index (κ1) is 16.0. The average Bonchev–Trinajstić information content (AvgIpc) is 2.90. The van der Waals surface area contributed by atoms with Gasteiger partial charge < -0.3 is 0 Å². The summed E-state index contributed by atoms with van der Waals surface area (Å²) in [4.78, 5) is 16.6. The van der Waals surface area contributed by atoms with Gasteiger partial charge in [0.15, 0.2) is 5.78 Å². The summed E-state index contributed by atoms with van der Waals surface area (Å²) in [5.41, 5.74) is 0.384. The minimum absolute atomic E-state index is 0.0824. The van der Waals surface area contributed by atoms with Gasteiger partial charge in [0.25, 0.3) is 0 Å². The molecule has 0 aliphatic carbocycles. The Labute approximate surface area is 134 Å². The normalized spacial score (nSPS) is 13.2. The maximum absolute atomic E-state index is 12.7. The number of halogens is 2. The molecule has 0 bridgehead atoms. The molecule has 1 heterocycles. The summed E-state index contributed by atoms with van der Waals surface area (Å²) in [5.74, 6) is 0.0824. The maximum atomic E-state index is 12.7. The van der Waals surface area contributed by atoms with Gasteiger partial charge in [-0.05, 0) is 17.7 Å². The van der Waals surface area contributed by atoms with Gasteiger partial charge in [0.1, 0.15) is 18.7 Å². The summed E-state index contributed by atoms with van der Waals surface area (Å²) in [5, 5.41) is 5.23. The van der Waals surface area contributed by atoms with Gasteiger partial charge >= 0.3 is 0 Å². The molecule has 4 nitrogen and oxygen atoms in total. The molecular weight excluding hydrogens is 309 g/mol. The third-order valence-corrected chi connectivity index (χ3v) is 3.81. The largest absolute Gasteiger partial charge is 0.297 e. The summed E-state index contributed by atoms with van der Waals surface area (Å²) in [6, 6.07) is 4.84. The number of rotatable bonds is 4. The average molecular weight is 326 g/mol. The Morgan fingerprint density at radius 2 is 2.05 bits per heavy atom. The lowest BCUT2D eigenvalue weighted by Crippen LogP contribution is -2.32. The fourth-order valence-corrected chi connectivity index (χ4v) is 2.57. The highest BCUT2D eigenvalue weighted by atomic mass is 35.5. The van der Waals surface area contributed by atoms with Crippen molar-refractivity contribution in [2.24, 2.45) is 5.41 Å². The van der Waals surface area contributed by atoms with Crippen LogP contribution in [0.2, 0.25) is 10.0 Å². The van der Waals surface area contributed by atoms with E-state index in [-0.39, 0.29) is 5.78 Å². The number of carbonyl (C=O) groups excluding carboxylic acids is 1. The van der Waals surface area contributed by atoms with Crippen molar-refractivity contribution in [1.82, 2.24) is 14.8 Å². The first-order chi connectivity index (χ1) is 9.79. The number of hydrogen-bond acceptors (Lipinski definition) is 3. The second kappa shape index (κ2) is 6.16. The first-order valence-corrected chi connectivity index (χ1v) is 7.37. The van der Waals surface area contributed by atoms with Crippen LogP contribution in [0, 0.1) is 5.41 Å². The van der Waals surface area contributed by atoms with E-state index in [4.69, 9.17) is 23.2 Å². The molecule has 0 aliphatic heterocycles. The Kier molecular flexibility index (Phi) is 4.69. The van der Waals surface area contributed by atoms with Crippen LogP contribution in [0.5, 0.6) is 0 Å². The topological polar surface area (TPSA) is 47.8 Å². The summed E-state index contributed by atoms with van der Waals surface area (Å²) >= 11 is 12.1. The van der Waals surface area contributed by atoms with E-state index in [1.54, 1.807) is 23.1 Å². The summed E-state index contributed by atoms with van der Waals surface area (Å²) in [6.07, 6.45) is 3.43. The maximum Gasteiger partial charge on any atom is 0.163 e. The van der Waals surface area contributed by atoms with Crippen LogP contribution in [0.25, 0.3) is 0 Å². The molecule has 0 radical (unpaired) electrons. The van der Waals surface area contributed by atoms with Crippen LogP contribution in [0.1, 0.15) is 32.4 Å². The molecule has 0 amide bonds.